The number of rotatable bonds is 4. The summed E-state index contributed by atoms with van der Waals surface area (Å²) in [6.45, 7) is -0.737. The van der Waals surface area contributed by atoms with Crippen LogP contribution in [0.3, 0.4) is 0 Å². The average Bonchev–Trinajstić information content (AvgIpc) is 3.16. The summed E-state index contributed by atoms with van der Waals surface area (Å²) in [6.07, 6.45) is -9.88. The minimum atomic E-state index is -4.80. The van der Waals surface area contributed by atoms with Gasteiger partial charge < -0.3 is 15.2 Å². The van der Waals surface area contributed by atoms with E-state index in [0.717, 1.165) is 24.0 Å². The molecule has 2 aliphatic heterocycles. The second-order valence-electron chi connectivity index (χ2n) is 7.48. The second-order valence-corrected chi connectivity index (χ2v) is 8.52. The summed E-state index contributed by atoms with van der Waals surface area (Å²) in [6, 6.07) is 1.46. The number of halogens is 7. The standard InChI is InChI=1S/C19H14F7N5O3S/c20-10-2-7(30-17(32)34-12-4-28-11(3-29-12)15(22)23)1-8(13(10)21)18-6-33-14(19(24,25)26)9(18)5-35-16(27)31-18/h1-4,9,14-15H,5-6H2,(H2,27,31)(H,30,32)/t9-,14+,18-/m1/s1. The fourth-order valence-electron chi connectivity index (χ4n) is 3.80. The van der Waals surface area contributed by atoms with Crippen LogP contribution in [0.2, 0.25) is 0 Å². The molecule has 8 nitrogen and oxygen atoms in total. The number of hydrogen-bond acceptors (Lipinski definition) is 8. The number of fused-ring (bicyclic) bond motifs is 1. The fraction of sp³-hybridized carbons (Fsp3) is 0.368. The number of carbonyl (C=O) groups excluding carboxylic acids is 1. The zero-order valence-corrected chi connectivity index (χ0v) is 18.0. The van der Waals surface area contributed by atoms with Crippen LogP contribution in [0.1, 0.15) is 17.7 Å². The molecule has 0 bridgehead atoms. The van der Waals surface area contributed by atoms with E-state index in [0.29, 0.717) is 12.3 Å². The van der Waals surface area contributed by atoms with Gasteiger partial charge in [0, 0.05) is 29.0 Å². The highest BCUT2D eigenvalue weighted by molar-refractivity contribution is 8.13. The number of nitrogens with two attached hydrogens (primary N) is 1. The molecule has 1 amide bonds. The van der Waals surface area contributed by atoms with Gasteiger partial charge in [-0.1, -0.05) is 11.8 Å². The van der Waals surface area contributed by atoms with E-state index in [1.54, 1.807) is 0 Å². The maximum absolute atomic E-state index is 14.9. The zero-order chi connectivity index (χ0) is 25.5. The highest BCUT2D eigenvalue weighted by atomic mass is 32.2. The smallest absolute Gasteiger partial charge is 0.389 e. The molecule has 1 saturated heterocycles. The Hall–Kier alpha value is -3.14. The van der Waals surface area contributed by atoms with Crippen molar-refractivity contribution in [3.05, 3.63) is 47.4 Å². The van der Waals surface area contributed by atoms with Gasteiger partial charge in [0.25, 0.3) is 6.43 Å². The minimum absolute atomic E-state index is 0.143. The molecule has 0 aliphatic carbocycles. The van der Waals surface area contributed by atoms with E-state index in [2.05, 4.69) is 20.3 Å². The number of nitrogens with one attached hydrogen (secondary N) is 1. The number of aliphatic imine (C=N–C) groups is 1. The number of thioether (sulfide) groups is 1. The summed E-state index contributed by atoms with van der Waals surface area (Å²) in [5, 5.41) is 1.93. The van der Waals surface area contributed by atoms with Crippen LogP contribution in [0, 0.1) is 17.6 Å². The molecule has 2 aliphatic rings. The van der Waals surface area contributed by atoms with E-state index in [9.17, 15) is 35.5 Å². The van der Waals surface area contributed by atoms with E-state index in [1.807, 2.05) is 0 Å². The quantitative estimate of drug-likeness (QED) is 0.578. The number of nitrogens with zero attached hydrogens (tertiary/aromatic N) is 3. The Kier molecular flexibility index (Phi) is 6.52. The molecule has 4 rings (SSSR count). The van der Waals surface area contributed by atoms with Crippen LogP contribution in [-0.2, 0) is 10.3 Å². The molecule has 1 fully saturated rings. The molecule has 188 valence electrons. The third-order valence-corrected chi connectivity index (χ3v) is 6.23. The van der Waals surface area contributed by atoms with Crippen LogP contribution in [0.15, 0.2) is 29.5 Å². The number of ether oxygens (including phenoxy) is 2. The topological polar surface area (TPSA) is 112 Å². The zero-order valence-electron chi connectivity index (χ0n) is 17.2. The molecule has 16 heteroatoms. The predicted octanol–water partition coefficient (Wildman–Crippen LogP) is 4.14. The Morgan fingerprint density at radius 1 is 1.26 bits per heavy atom. The first-order valence-corrected chi connectivity index (χ1v) is 10.6. The largest absolute Gasteiger partial charge is 0.418 e. The molecular weight excluding hydrogens is 511 g/mol. The van der Waals surface area contributed by atoms with Gasteiger partial charge in [-0.25, -0.2) is 37.3 Å². The summed E-state index contributed by atoms with van der Waals surface area (Å²) < 4.78 is 105. The molecule has 0 unspecified atom stereocenters. The van der Waals surface area contributed by atoms with Crippen molar-refractivity contribution in [2.45, 2.75) is 24.2 Å². The molecule has 3 heterocycles. The molecule has 1 aromatic heterocycles. The van der Waals surface area contributed by atoms with Gasteiger partial charge >= 0.3 is 12.3 Å². The first-order valence-electron chi connectivity index (χ1n) is 9.65. The second kappa shape index (κ2) is 9.14. The number of benzene rings is 1. The molecule has 2 aromatic rings. The molecule has 1 aromatic carbocycles. The predicted molar refractivity (Wildman–Crippen MR) is 108 cm³/mol. The van der Waals surface area contributed by atoms with Gasteiger partial charge in [0.1, 0.15) is 11.2 Å². The minimum Gasteiger partial charge on any atom is -0.389 e. The summed E-state index contributed by atoms with van der Waals surface area (Å²) in [5.41, 5.74) is 2.04. The Morgan fingerprint density at radius 3 is 2.63 bits per heavy atom. The van der Waals surface area contributed by atoms with Crippen LogP contribution < -0.4 is 15.8 Å². The van der Waals surface area contributed by atoms with Crippen molar-refractivity contribution in [1.29, 1.82) is 0 Å². The van der Waals surface area contributed by atoms with Crippen LogP contribution in [0.5, 0.6) is 5.88 Å². The van der Waals surface area contributed by atoms with Crippen molar-refractivity contribution in [3.8, 4) is 5.88 Å². The van der Waals surface area contributed by atoms with Crippen LogP contribution in [-0.4, -0.2) is 45.9 Å². The maximum atomic E-state index is 14.9. The molecule has 0 spiro atoms. The van der Waals surface area contributed by atoms with Gasteiger partial charge in [0.2, 0.25) is 5.88 Å². The molecule has 35 heavy (non-hydrogen) atoms. The van der Waals surface area contributed by atoms with E-state index in [4.69, 9.17) is 15.2 Å². The molecule has 0 radical (unpaired) electrons. The number of carbonyl (C=O) groups is 1. The van der Waals surface area contributed by atoms with Gasteiger partial charge in [-0.3, -0.25) is 5.32 Å². The van der Waals surface area contributed by atoms with Crippen molar-refractivity contribution in [2.75, 3.05) is 17.7 Å². The van der Waals surface area contributed by atoms with E-state index >= 15 is 0 Å². The first-order chi connectivity index (χ1) is 16.4. The molecule has 3 N–H and O–H groups in total. The van der Waals surface area contributed by atoms with E-state index in [1.165, 1.54) is 0 Å². The summed E-state index contributed by atoms with van der Waals surface area (Å²) in [7, 11) is 0. The van der Waals surface area contributed by atoms with E-state index < -0.39 is 77.3 Å². The van der Waals surface area contributed by atoms with E-state index in [-0.39, 0.29) is 10.9 Å². The Morgan fingerprint density at radius 2 is 2.00 bits per heavy atom. The third-order valence-electron chi connectivity index (χ3n) is 5.31. The van der Waals surface area contributed by atoms with Gasteiger partial charge in [-0.05, 0) is 6.07 Å². The van der Waals surface area contributed by atoms with Gasteiger partial charge in [-0.2, -0.15) is 13.2 Å². The van der Waals surface area contributed by atoms with Crippen molar-refractivity contribution in [1.82, 2.24) is 9.97 Å². The number of hydrogen-bond donors (Lipinski definition) is 2. The lowest BCUT2D eigenvalue weighted by Gasteiger charge is -2.36. The molecular formula is C19H14F7N5O3S. The molecule has 3 atom stereocenters. The number of alkyl halides is 5. The van der Waals surface area contributed by atoms with Crippen molar-refractivity contribution in [2.24, 2.45) is 16.6 Å². The highest BCUT2D eigenvalue weighted by Gasteiger charge is 2.62. The van der Waals surface area contributed by atoms with Crippen LogP contribution in [0.4, 0.5) is 41.2 Å². The summed E-state index contributed by atoms with van der Waals surface area (Å²) in [4.78, 5) is 23.0. The van der Waals surface area contributed by atoms with Crippen molar-refractivity contribution >= 4 is 28.7 Å². The van der Waals surface area contributed by atoms with Gasteiger partial charge in [-0.15, -0.1) is 0 Å². The van der Waals surface area contributed by atoms with Gasteiger partial charge in [0.15, 0.2) is 22.9 Å². The lowest BCUT2D eigenvalue weighted by molar-refractivity contribution is -0.215. The first kappa shape index (κ1) is 25.0. The monoisotopic (exact) mass is 525 g/mol. The summed E-state index contributed by atoms with van der Waals surface area (Å²) >= 11 is 0.818. The third kappa shape index (κ3) is 4.84. The molecule has 0 saturated carbocycles. The van der Waals surface area contributed by atoms with Crippen molar-refractivity contribution in [3.63, 3.8) is 0 Å². The van der Waals surface area contributed by atoms with Crippen molar-refractivity contribution < 1.29 is 45.0 Å². The number of aromatic nitrogens is 2. The Labute approximate surface area is 196 Å². The number of anilines is 1. The SMILES string of the molecule is NC1=N[C@@]2(c3cc(NC(=O)Oc4cnc(C(F)F)cn4)cc(F)c3F)CO[C@H](C(F)(F)F)[C@H]2CS1. The van der Waals surface area contributed by atoms with Gasteiger partial charge in [0.05, 0.1) is 19.0 Å². The lowest BCUT2D eigenvalue weighted by atomic mass is 9.78. The Bertz CT molecular complexity index is 1160. The normalized spacial score (nSPS) is 24.2. The lowest BCUT2D eigenvalue weighted by Crippen LogP contribution is -2.46. The average molecular weight is 525 g/mol. The highest BCUT2D eigenvalue weighted by Crippen LogP contribution is 2.52. The maximum Gasteiger partial charge on any atom is 0.418 e. The van der Waals surface area contributed by atoms with Crippen LogP contribution in [0.25, 0.3) is 0 Å². The van der Waals surface area contributed by atoms with Crippen LogP contribution >= 0.6 is 11.8 Å². The summed E-state index contributed by atoms with van der Waals surface area (Å²) in [5.74, 6) is -5.12. The Balaban J connectivity index is 1.64. The fourth-order valence-corrected chi connectivity index (χ4v) is 4.83. The number of amidine groups is 1. The number of amides is 1.